The molecule has 0 aromatic carbocycles. The van der Waals surface area contributed by atoms with Crippen molar-refractivity contribution in [2.75, 3.05) is 24.8 Å². The highest BCUT2D eigenvalue weighted by atomic mass is 16.5. The molecule has 0 spiro atoms. The number of nitrogens with one attached hydrogen (secondary N) is 3. The van der Waals surface area contributed by atoms with Gasteiger partial charge in [0.15, 0.2) is 0 Å². The zero-order valence-corrected chi connectivity index (χ0v) is 16.2. The van der Waals surface area contributed by atoms with Crippen molar-refractivity contribution in [3.8, 4) is 0 Å². The van der Waals surface area contributed by atoms with Gasteiger partial charge in [0.25, 0.3) is 0 Å². The van der Waals surface area contributed by atoms with Crippen LogP contribution in [0, 0.1) is 13.8 Å². The maximum Gasteiger partial charge on any atom is 0.229 e. The standard InChI is InChI=1S/C19H25N7O/c1-11-7-18(20-3)24-19(22-11)23-13-5-6-17(27-4)16(8-13)26-12(2)14-9-21-10-15(14)25-26/h7-8,21H,5-6,9-10H2,1-4H3,(H2,20,22,23,24). The van der Waals surface area contributed by atoms with Crippen molar-refractivity contribution >= 4 is 17.5 Å². The van der Waals surface area contributed by atoms with Crippen molar-refractivity contribution < 1.29 is 4.74 Å². The Hall–Kier alpha value is -2.87. The van der Waals surface area contributed by atoms with E-state index < -0.39 is 0 Å². The summed E-state index contributed by atoms with van der Waals surface area (Å²) in [4.78, 5) is 8.98. The summed E-state index contributed by atoms with van der Waals surface area (Å²) in [6.07, 6.45) is 3.73. The first-order chi connectivity index (χ1) is 13.1. The van der Waals surface area contributed by atoms with Crippen LogP contribution in [0.15, 0.2) is 23.6 Å². The van der Waals surface area contributed by atoms with Gasteiger partial charge < -0.3 is 20.7 Å². The van der Waals surface area contributed by atoms with E-state index in [0.717, 1.165) is 66.0 Å². The lowest BCUT2D eigenvalue weighted by atomic mass is 10.1. The molecule has 2 aromatic heterocycles. The smallest absolute Gasteiger partial charge is 0.229 e. The first-order valence-electron chi connectivity index (χ1n) is 9.15. The Labute approximate surface area is 158 Å². The molecule has 3 N–H and O–H groups in total. The summed E-state index contributed by atoms with van der Waals surface area (Å²) in [5.74, 6) is 2.33. The molecule has 1 aliphatic carbocycles. The Morgan fingerprint density at radius 3 is 2.78 bits per heavy atom. The van der Waals surface area contributed by atoms with Crippen molar-refractivity contribution in [2.24, 2.45) is 0 Å². The van der Waals surface area contributed by atoms with Gasteiger partial charge in [-0.05, 0) is 26.3 Å². The van der Waals surface area contributed by atoms with Crippen LogP contribution in [-0.4, -0.2) is 33.9 Å². The fourth-order valence-electron chi connectivity index (χ4n) is 3.58. The zero-order valence-electron chi connectivity index (χ0n) is 16.2. The molecule has 1 aliphatic heterocycles. The highest BCUT2D eigenvalue weighted by Gasteiger charge is 2.24. The lowest BCUT2D eigenvalue weighted by Gasteiger charge is -2.21. The summed E-state index contributed by atoms with van der Waals surface area (Å²) in [6.45, 7) is 5.75. The van der Waals surface area contributed by atoms with Crippen LogP contribution in [0.25, 0.3) is 5.70 Å². The maximum absolute atomic E-state index is 5.66. The van der Waals surface area contributed by atoms with Gasteiger partial charge in [0.05, 0.1) is 12.8 Å². The minimum absolute atomic E-state index is 0.592. The van der Waals surface area contributed by atoms with Crippen molar-refractivity contribution in [1.29, 1.82) is 0 Å². The molecule has 3 heterocycles. The lowest BCUT2D eigenvalue weighted by Crippen LogP contribution is -2.15. The van der Waals surface area contributed by atoms with E-state index in [1.807, 2.05) is 24.7 Å². The summed E-state index contributed by atoms with van der Waals surface area (Å²) in [5, 5.41) is 14.6. The van der Waals surface area contributed by atoms with E-state index in [0.29, 0.717) is 5.95 Å². The third-order valence-corrected chi connectivity index (χ3v) is 4.99. The second-order valence-electron chi connectivity index (χ2n) is 6.80. The fraction of sp³-hybridized carbons (Fsp3) is 0.421. The fourth-order valence-corrected chi connectivity index (χ4v) is 3.58. The number of allylic oxidation sites excluding steroid dienone is 4. The average Bonchev–Trinajstić information content (AvgIpc) is 3.24. The Kier molecular flexibility index (Phi) is 4.57. The summed E-state index contributed by atoms with van der Waals surface area (Å²) in [7, 11) is 3.57. The molecule has 27 heavy (non-hydrogen) atoms. The Bertz CT molecular complexity index is 942. The molecule has 0 unspecified atom stereocenters. The summed E-state index contributed by atoms with van der Waals surface area (Å²) < 4.78 is 7.66. The number of nitrogens with zero attached hydrogens (tertiary/aromatic N) is 4. The predicted octanol–water partition coefficient (Wildman–Crippen LogP) is 2.54. The van der Waals surface area contributed by atoms with Crippen LogP contribution < -0.4 is 16.0 Å². The molecule has 0 saturated carbocycles. The van der Waals surface area contributed by atoms with E-state index in [4.69, 9.17) is 9.84 Å². The monoisotopic (exact) mass is 367 g/mol. The minimum atomic E-state index is 0.592. The third kappa shape index (κ3) is 3.28. The maximum atomic E-state index is 5.66. The van der Waals surface area contributed by atoms with Crippen LogP contribution in [0.2, 0.25) is 0 Å². The van der Waals surface area contributed by atoms with Gasteiger partial charge in [0.2, 0.25) is 5.95 Å². The van der Waals surface area contributed by atoms with Gasteiger partial charge in [-0.15, -0.1) is 0 Å². The third-order valence-electron chi connectivity index (χ3n) is 4.99. The molecule has 8 heteroatoms. The molecule has 2 aliphatic rings. The molecule has 8 nitrogen and oxygen atoms in total. The number of rotatable bonds is 5. The van der Waals surface area contributed by atoms with Crippen molar-refractivity contribution in [3.05, 3.63) is 46.2 Å². The van der Waals surface area contributed by atoms with E-state index in [9.17, 15) is 0 Å². The molecule has 0 atom stereocenters. The van der Waals surface area contributed by atoms with Crippen LogP contribution in [0.1, 0.15) is 35.5 Å². The SMILES string of the molecule is CNc1cc(C)nc(NC2=CC(n3nc4c(c3C)CNC4)=C(OC)CC2)n1. The van der Waals surface area contributed by atoms with E-state index >= 15 is 0 Å². The van der Waals surface area contributed by atoms with Crippen molar-refractivity contribution in [1.82, 2.24) is 25.1 Å². The second-order valence-corrected chi connectivity index (χ2v) is 6.80. The first kappa shape index (κ1) is 17.5. The minimum Gasteiger partial charge on any atom is -0.499 e. The number of fused-ring (bicyclic) bond motifs is 1. The van der Waals surface area contributed by atoms with Gasteiger partial charge in [0.1, 0.15) is 17.3 Å². The number of aromatic nitrogens is 4. The molecule has 2 aromatic rings. The molecule has 4 rings (SSSR count). The number of hydrogen-bond donors (Lipinski definition) is 3. The summed E-state index contributed by atoms with van der Waals surface area (Å²) >= 11 is 0. The van der Waals surface area contributed by atoms with Gasteiger partial charge in [0, 0.05) is 55.3 Å². The van der Waals surface area contributed by atoms with Crippen LogP contribution in [0.5, 0.6) is 0 Å². The molecule has 0 bridgehead atoms. The van der Waals surface area contributed by atoms with Gasteiger partial charge >= 0.3 is 0 Å². The number of methoxy groups -OCH3 is 1. The zero-order chi connectivity index (χ0) is 19.0. The highest BCUT2D eigenvalue weighted by molar-refractivity contribution is 5.65. The normalized spacial score (nSPS) is 16.2. The van der Waals surface area contributed by atoms with E-state index in [2.05, 4.69) is 38.9 Å². The summed E-state index contributed by atoms with van der Waals surface area (Å²) in [6, 6.07) is 1.91. The summed E-state index contributed by atoms with van der Waals surface area (Å²) in [5.41, 5.74) is 6.48. The lowest BCUT2D eigenvalue weighted by molar-refractivity contribution is 0.276. The van der Waals surface area contributed by atoms with E-state index in [1.54, 1.807) is 7.11 Å². The molecule has 0 fully saturated rings. The number of ether oxygens (including phenoxy) is 1. The predicted molar refractivity (Wildman–Crippen MR) is 105 cm³/mol. The van der Waals surface area contributed by atoms with Gasteiger partial charge in [-0.3, -0.25) is 0 Å². The van der Waals surface area contributed by atoms with Crippen LogP contribution in [0.3, 0.4) is 0 Å². The first-order valence-corrected chi connectivity index (χ1v) is 9.15. The Morgan fingerprint density at radius 2 is 2.04 bits per heavy atom. The van der Waals surface area contributed by atoms with Crippen molar-refractivity contribution in [3.63, 3.8) is 0 Å². The molecule has 0 saturated heterocycles. The van der Waals surface area contributed by atoms with Crippen LogP contribution in [-0.2, 0) is 17.8 Å². The number of anilines is 2. The molecule has 0 amide bonds. The Morgan fingerprint density at radius 1 is 1.19 bits per heavy atom. The van der Waals surface area contributed by atoms with Crippen LogP contribution >= 0.6 is 0 Å². The quantitative estimate of drug-likeness (QED) is 0.748. The Balaban J connectivity index is 1.68. The topological polar surface area (TPSA) is 88.9 Å². The average molecular weight is 367 g/mol. The van der Waals surface area contributed by atoms with E-state index in [1.165, 1.54) is 5.56 Å². The molecule has 0 radical (unpaired) electrons. The van der Waals surface area contributed by atoms with Crippen molar-refractivity contribution in [2.45, 2.75) is 39.8 Å². The van der Waals surface area contributed by atoms with Gasteiger partial charge in [-0.25, -0.2) is 9.67 Å². The highest BCUT2D eigenvalue weighted by Crippen LogP contribution is 2.31. The second kappa shape index (κ2) is 7.03. The number of aryl methyl sites for hydroxylation is 1. The van der Waals surface area contributed by atoms with Gasteiger partial charge in [-0.1, -0.05) is 0 Å². The van der Waals surface area contributed by atoms with E-state index in [-0.39, 0.29) is 0 Å². The number of hydrogen-bond acceptors (Lipinski definition) is 7. The van der Waals surface area contributed by atoms with Crippen LogP contribution in [0.4, 0.5) is 11.8 Å². The van der Waals surface area contributed by atoms with Gasteiger partial charge in [-0.2, -0.15) is 10.1 Å². The molecular formula is C19H25N7O. The largest absolute Gasteiger partial charge is 0.499 e. The molecule has 142 valence electrons. The molecular weight excluding hydrogens is 342 g/mol.